The van der Waals surface area contributed by atoms with Crippen LogP contribution in [-0.2, 0) is 21.4 Å². The lowest BCUT2D eigenvalue weighted by atomic mass is 9.85. The number of carbonyl (C=O) groups excluding carboxylic acids is 2. The van der Waals surface area contributed by atoms with E-state index >= 15 is 0 Å². The lowest BCUT2D eigenvalue weighted by molar-refractivity contribution is -0.129. The molecular formula is C25H24N2O2. The molecule has 1 saturated carbocycles. The van der Waals surface area contributed by atoms with Crippen LogP contribution in [0.1, 0.15) is 29.5 Å². The molecule has 4 rings (SSSR count). The van der Waals surface area contributed by atoms with Crippen LogP contribution >= 0.6 is 0 Å². The number of rotatable bonds is 6. The molecule has 0 aromatic heterocycles. The quantitative estimate of drug-likeness (QED) is 0.636. The fraction of sp³-hybridized carbons (Fsp3) is 0.200. The summed E-state index contributed by atoms with van der Waals surface area (Å²) in [6, 6.07) is 30.1. The van der Waals surface area contributed by atoms with Crippen LogP contribution in [0.5, 0.6) is 0 Å². The van der Waals surface area contributed by atoms with Gasteiger partial charge in [0.15, 0.2) is 0 Å². The molecule has 0 radical (unpaired) electrons. The summed E-state index contributed by atoms with van der Waals surface area (Å²) in [5.41, 5.74) is 8.23. The van der Waals surface area contributed by atoms with Crippen molar-refractivity contribution in [2.45, 2.75) is 24.7 Å². The molecule has 3 aromatic rings. The smallest absolute Gasteiger partial charge is 0.242 e. The first-order chi connectivity index (χ1) is 14.2. The zero-order chi connectivity index (χ0) is 20.1. The van der Waals surface area contributed by atoms with E-state index in [1.54, 1.807) is 0 Å². The fourth-order valence-electron chi connectivity index (χ4n) is 4.04. The lowest BCUT2D eigenvalue weighted by Crippen LogP contribution is -2.43. The average Bonchev–Trinajstić information content (AvgIpc) is 3.55. The third kappa shape index (κ3) is 4.06. The van der Waals surface area contributed by atoms with Crippen LogP contribution in [0.15, 0.2) is 91.0 Å². The molecule has 2 amide bonds. The van der Waals surface area contributed by atoms with Gasteiger partial charge in [0, 0.05) is 11.8 Å². The van der Waals surface area contributed by atoms with Gasteiger partial charge in [-0.05, 0) is 29.5 Å². The van der Waals surface area contributed by atoms with Crippen molar-refractivity contribution in [3.63, 3.8) is 0 Å². The van der Waals surface area contributed by atoms with Crippen LogP contribution < -0.4 is 10.9 Å². The first-order valence-electron chi connectivity index (χ1n) is 9.94. The van der Waals surface area contributed by atoms with Crippen LogP contribution in [0.25, 0.3) is 0 Å². The molecule has 4 heteroatoms. The van der Waals surface area contributed by atoms with Crippen molar-refractivity contribution in [3.8, 4) is 0 Å². The standard InChI is InChI=1S/C25H24N2O2/c28-23(17-16-19-10-4-1-5-11-19)26-27-24(29)22-18-25(22,20-12-6-2-7-13-20)21-14-8-3-9-15-21/h1-15,22H,16-18H2,(H,26,28)(H,27,29)/t22-/m1/s1. The van der Waals surface area contributed by atoms with Crippen molar-refractivity contribution in [2.75, 3.05) is 0 Å². The maximum absolute atomic E-state index is 12.8. The Labute approximate surface area is 170 Å². The van der Waals surface area contributed by atoms with Gasteiger partial charge in [-0.25, -0.2) is 0 Å². The fourth-order valence-corrected chi connectivity index (χ4v) is 4.04. The minimum atomic E-state index is -0.332. The number of nitrogens with one attached hydrogen (secondary N) is 2. The number of hydrogen-bond acceptors (Lipinski definition) is 2. The second-order valence-corrected chi connectivity index (χ2v) is 7.48. The number of benzene rings is 3. The largest absolute Gasteiger partial charge is 0.273 e. The van der Waals surface area contributed by atoms with Gasteiger partial charge >= 0.3 is 0 Å². The molecule has 1 fully saturated rings. The number of carbonyl (C=O) groups is 2. The van der Waals surface area contributed by atoms with Crippen LogP contribution in [0.3, 0.4) is 0 Å². The third-order valence-corrected chi connectivity index (χ3v) is 5.66. The Morgan fingerprint density at radius 2 is 1.28 bits per heavy atom. The van der Waals surface area contributed by atoms with Crippen LogP contribution in [-0.4, -0.2) is 11.8 Å². The maximum Gasteiger partial charge on any atom is 0.242 e. The molecule has 0 heterocycles. The Kier molecular flexibility index (Phi) is 5.43. The summed E-state index contributed by atoms with van der Waals surface area (Å²) in [6.07, 6.45) is 1.70. The molecule has 0 saturated heterocycles. The zero-order valence-corrected chi connectivity index (χ0v) is 16.2. The molecule has 1 aliphatic rings. The number of aryl methyl sites for hydroxylation is 1. The Morgan fingerprint density at radius 1 is 0.759 bits per heavy atom. The van der Waals surface area contributed by atoms with E-state index in [0.717, 1.165) is 23.1 Å². The van der Waals surface area contributed by atoms with Gasteiger partial charge in [-0.3, -0.25) is 20.4 Å². The molecule has 4 nitrogen and oxygen atoms in total. The molecule has 146 valence electrons. The van der Waals surface area contributed by atoms with E-state index < -0.39 is 0 Å². The normalized spacial score (nSPS) is 16.6. The van der Waals surface area contributed by atoms with Gasteiger partial charge in [0.25, 0.3) is 0 Å². The first kappa shape index (κ1) is 18.9. The van der Waals surface area contributed by atoms with E-state index in [1.165, 1.54) is 0 Å². The molecule has 0 bridgehead atoms. The van der Waals surface area contributed by atoms with Crippen molar-refractivity contribution >= 4 is 11.8 Å². The molecule has 29 heavy (non-hydrogen) atoms. The highest BCUT2D eigenvalue weighted by Crippen LogP contribution is 2.58. The maximum atomic E-state index is 12.8. The predicted molar refractivity (Wildman–Crippen MR) is 113 cm³/mol. The average molecular weight is 384 g/mol. The van der Waals surface area contributed by atoms with E-state index in [0.29, 0.717) is 12.8 Å². The van der Waals surface area contributed by atoms with E-state index in [1.807, 2.05) is 66.7 Å². The van der Waals surface area contributed by atoms with Crippen LogP contribution in [0.4, 0.5) is 0 Å². The predicted octanol–water partition coefficient (Wildman–Crippen LogP) is 3.77. The molecule has 0 aliphatic heterocycles. The summed E-state index contributed by atoms with van der Waals surface area (Å²) in [5.74, 6) is -0.541. The SMILES string of the molecule is O=C(CCc1ccccc1)NNC(=O)[C@H]1CC1(c1ccccc1)c1ccccc1. The molecule has 0 spiro atoms. The van der Waals surface area contributed by atoms with Gasteiger partial charge in [-0.1, -0.05) is 91.0 Å². The van der Waals surface area contributed by atoms with Gasteiger partial charge in [0.05, 0.1) is 5.92 Å². The summed E-state index contributed by atoms with van der Waals surface area (Å²) >= 11 is 0. The summed E-state index contributed by atoms with van der Waals surface area (Å²) in [7, 11) is 0. The Morgan fingerprint density at radius 3 is 1.83 bits per heavy atom. The minimum absolute atomic E-state index is 0.147. The van der Waals surface area contributed by atoms with Crippen molar-refractivity contribution in [1.29, 1.82) is 0 Å². The second kappa shape index (κ2) is 8.31. The second-order valence-electron chi connectivity index (χ2n) is 7.48. The van der Waals surface area contributed by atoms with Gasteiger partial charge in [0.1, 0.15) is 0 Å². The Hall–Kier alpha value is -3.40. The summed E-state index contributed by atoms with van der Waals surface area (Å²) in [4.78, 5) is 25.0. The highest BCUT2D eigenvalue weighted by molar-refractivity contribution is 5.88. The van der Waals surface area contributed by atoms with Crippen molar-refractivity contribution in [1.82, 2.24) is 10.9 Å². The first-order valence-corrected chi connectivity index (χ1v) is 9.94. The van der Waals surface area contributed by atoms with Gasteiger partial charge < -0.3 is 0 Å². The zero-order valence-electron chi connectivity index (χ0n) is 16.2. The van der Waals surface area contributed by atoms with Crippen molar-refractivity contribution in [3.05, 3.63) is 108 Å². The lowest BCUT2D eigenvalue weighted by Gasteiger charge is -2.19. The number of hydrogen-bond donors (Lipinski definition) is 2. The summed E-state index contributed by atoms with van der Waals surface area (Å²) in [6.45, 7) is 0. The van der Waals surface area contributed by atoms with E-state index in [2.05, 4.69) is 35.1 Å². The van der Waals surface area contributed by atoms with Crippen LogP contribution in [0, 0.1) is 5.92 Å². The molecule has 1 atom stereocenters. The van der Waals surface area contributed by atoms with Gasteiger partial charge in [0.2, 0.25) is 11.8 Å². The molecule has 2 N–H and O–H groups in total. The molecule has 0 unspecified atom stereocenters. The summed E-state index contributed by atoms with van der Waals surface area (Å²) in [5, 5.41) is 0. The highest BCUT2D eigenvalue weighted by Gasteiger charge is 2.60. The van der Waals surface area contributed by atoms with E-state index in [9.17, 15) is 9.59 Å². The van der Waals surface area contributed by atoms with Crippen LogP contribution in [0.2, 0.25) is 0 Å². The van der Waals surface area contributed by atoms with Crippen molar-refractivity contribution < 1.29 is 9.59 Å². The highest BCUT2D eigenvalue weighted by atomic mass is 16.2. The van der Waals surface area contributed by atoms with E-state index in [4.69, 9.17) is 0 Å². The summed E-state index contributed by atoms with van der Waals surface area (Å²) < 4.78 is 0. The third-order valence-electron chi connectivity index (χ3n) is 5.66. The Bertz CT molecular complexity index is 932. The van der Waals surface area contributed by atoms with Gasteiger partial charge in [-0.15, -0.1) is 0 Å². The van der Waals surface area contributed by atoms with Gasteiger partial charge in [-0.2, -0.15) is 0 Å². The van der Waals surface area contributed by atoms with Crippen molar-refractivity contribution in [2.24, 2.45) is 5.92 Å². The topological polar surface area (TPSA) is 58.2 Å². The molecule has 3 aromatic carbocycles. The molecule has 1 aliphatic carbocycles. The Balaban J connectivity index is 1.39. The number of amides is 2. The van der Waals surface area contributed by atoms with E-state index in [-0.39, 0.29) is 23.1 Å². The monoisotopic (exact) mass is 384 g/mol. The number of hydrazine groups is 1. The molecular weight excluding hydrogens is 360 g/mol. The minimum Gasteiger partial charge on any atom is -0.273 e.